The molecule has 0 saturated carbocycles. The summed E-state index contributed by atoms with van der Waals surface area (Å²) < 4.78 is 0. The van der Waals surface area contributed by atoms with Crippen LogP contribution in [0.2, 0.25) is 0 Å². The number of anilines is 3. The fourth-order valence-corrected chi connectivity index (χ4v) is 7.65. The molecule has 1 aliphatic heterocycles. The third-order valence-corrected chi connectivity index (χ3v) is 10.00. The first kappa shape index (κ1) is 26.7. The second-order valence-corrected chi connectivity index (χ2v) is 13.0. The Kier molecular flexibility index (Phi) is 5.92. The largest absolute Gasteiger partial charge is 0.310 e. The fraction of sp³-hybridized carbons (Fsp3) is 0.0667. The maximum Gasteiger partial charge on any atom is 0.0502 e. The molecule has 0 aromatic heterocycles. The molecule has 1 nitrogen and oxygen atoms in total. The van der Waals surface area contributed by atoms with Crippen molar-refractivity contribution in [2.45, 2.75) is 19.3 Å². The van der Waals surface area contributed by atoms with Gasteiger partial charge < -0.3 is 4.90 Å². The van der Waals surface area contributed by atoms with E-state index in [9.17, 15) is 0 Å². The summed E-state index contributed by atoms with van der Waals surface area (Å²) in [6.45, 7) is 4.67. The van der Waals surface area contributed by atoms with Gasteiger partial charge in [0.25, 0.3) is 0 Å². The summed E-state index contributed by atoms with van der Waals surface area (Å²) in [7, 11) is 0. The lowest BCUT2D eigenvalue weighted by Gasteiger charge is -2.42. The van der Waals surface area contributed by atoms with Crippen LogP contribution >= 0.6 is 0 Å². The van der Waals surface area contributed by atoms with Crippen molar-refractivity contribution in [3.63, 3.8) is 0 Å². The van der Waals surface area contributed by atoms with Gasteiger partial charge in [-0.1, -0.05) is 135 Å². The van der Waals surface area contributed by atoms with Crippen molar-refractivity contribution in [1.82, 2.24) is 0 Å². The molecular formula is C45H33N. The molecule has 1 heterocycles. The van der Waals surface area contributed by atoms with Gasteiger partial charge in [-0.25, -0.2) is 0 Å². The molecule has 0 atom stereocenters. The SMILES string of the molecule is CC1(C)c2ccccc2N(c2ccc3c(ccc4cc(-c5cc6ccccc6cc5-c5ccccc5)ccc43)c2)c2ccccc21. The van der Waals surface area contributed by atoms with E-state index >= 15 is 0 Å². The number of fused-ring (bicyclic) bond motifs is 6. The zero-order valence-electron chi connectivity index (χ0n) is 26.0. The van der Waals surface area contributed by atoms with E-state index in [1.165, 1.54) is 82.8 Å². The molecule has 1 heteroatoms. The highest BCUT2D eigenvalue weighted by atomic mass is 15.2. The van der Waals surface area contributed by atoms with Crippen LogP contribution in [-0.4, -0.2) is 0 Å². The number of benzene rings is 8. The Balaban J connectivity index is 1.18. The third kappa shape index (κ3) is 4.09. The first-order valence-electron chi connectivity index (χ1n) is 16.1. The van der Waals surface area contributed by atoms with Crippen molar-refractivity contribution in [3.05, 3.63) is 175 Å². The number of para-hydroxylation sites is 2. The summed E-state index contributed by atoms with van der Waals surface area (Å²) in [5.74, 6) is 0. The van der Waals surface area contributed by atoms with Crippen LogP contribution in [0, 0.1) is 0 Å². The van der Waals surface area contributed by atoms with E-state index in [-0.39, 0.29) is 5.41 Å². The average molecular weight is 588 g/mol. The Bertz CT molecular complexity index is 2400. The van der Waals surface area contributed by atoms with Crippen LogP contribution in [0.25, 0.3) is 54.6 Å². The van der Waals surface area contributed by atoms with E-state index < -0.39 is 0 Å². The van der Waals surface area contributed by atoms with Gasteiger partial charge in [-0.2, -0.15) is 0 Å². The Hall–Kier alpha value is -5.66. The van der Waals surface area contributed by atoms with Crippen LogP contribution in [0.4, 0.5) is 17.1 Å². The van der Waals surface area contributed by atoms with Gasteiger partial charge in [0.2, 0.25) is 0 Å². The Morgan fingerprint density at radius 1 is 0.391 bits per heavy atom. The monoisotopic (exact) mass is 587 g/mol. The topological polar surface area (TPSA) is 3.24 Å². The average Bonchev–Trinajstić information content (AvgIpc) is 3.11. The van der Waals surface area contributed by atoms with Crippen molar-refractivity contribution >= 4 is 49.4 Å². The number of nitrogens with zero attached hydrogens (tertiary/aromatic N) is 1. The maximum atomic E-state index is 2.44. The van der Waals surface area contributed by atoms with Crippen molar-refractivity contribution in [3.8, 4) is 22.3 Å². The van der Waals surface area contributed by atoms with Gasteiger partial charge in [-0.3, -0.25) is 0 Å². The summed E-state index contributed by atoms with van der Waals surface area (Å²) >= 11 is 0. The van der Waals surface area contributed by atoms with Crippen LogP contribution in [-0.2, 0) is 5.41 Å². The molecule has 1 aliphatic rings. The molecule has 0 aliphatic carbocycles. The molecule has 0 saturated heterocycles. The fourth-order valence-electron chi connectivity index (χ4n) is 7.65. The molecule has 0 N–H and O–H groups in total. The molecule has 218 valence electrons. The number of rotatable bonds is 3. The summed E-state index contributed by atoms with van der Waals surface area (Å²) in [5, 5.41) is 7.56. The molecule has 46 heavy (non-hydrogen) atoms. The van der Waals surface area contributed by atoms with Crippen LogP contribution in [0.15, 0.2) is 164 Å². The highest BCUT2D eigenvalue weighted by Crippen LogP contribution is 2.52. The molecular weight excluding hydrogens is 555 g/mol. The van der Waals surface area contributed by atoms with Gasteiger partial charge in [0.15, 0.2) is 0 Å². The summed E-state index contributed by atoms with van der Waals surface area (Å²) in [4.78, 5) is 2.44. The Labute approximate surface area is 270 Å². The molecule has 0 unspecified atom stereocenters. The Morgan fingerprint density at radius 2 is 0.913 bits per heavy atom. The summed E-state index contributed by atoms with van der Waals surface area (Å²) in [6, 6.07) is 60.3. The zero-order chi connectivity index (χ0) is 30.8. The van der Waals surface area contributed by atoms with Gasteiger partial charge >= 0.3 is 0 Å². The van der Waals surface area contributed by atoms with Crippen molar-refractivity contribution in [1.29, 1.82) is 0 Å². The third-order valence-electron chi connectivity index (χ3n) is 10.00. The first-order chi connectivity index (χ1) is 22.6. The zero-order valence-corrected chi connectivity index (χ0v) is 26.0. The van der Waals surface area contributed by atoms with Crippen LogP contribution in [0.5, 0.6) is 0 Å². The highest BCUT2D eigenvalue weighted by molar-refractivity contribution is 6.10. The van der Waals surface area contributed by atoms with Crippen molar-refractivity contribution < 1.29 is 0 Å². The molecule has 0 bridgehead atoms. The van der Waals surface area contributed by atoms with Crippen LogP contribution in [0.1, 0.15) is 25.0 Å². The first-order valence-corrected chi connectivity index (χ1v) is 16.1. The molecule has 8 aromatic rings. The predicted molar refractivity (Wildman–Crippen MR) is 197 cm³/mol. The predicted octanol–water partition coefficient (Wildman–Crippen LogP) is 12.6. The van der Waals surface area contributed by atoms with E-state index in [0.29, 0.717) is 0 Å². The number of hydrogen-bond acceptors (Lipinski definition) is 1. The van der Waals surface area contributed by atoms with Crippen LogP contribution in [0.3, 0.4) is 0 Å². The van der Waals surface area contributed by atoms with Gasteiger partial charge in [0, 0.05) is 11.1 Å². The van der Waals surface area contributed by atoms with Crippen LogP contribution < -0.4 is 4.90 Å². The normalized spacial score (nSPS) is 13.6. The van der Waals surface area contributed by atoms with Gasteiger partial charge in [-0.15, -0.1) is 0 Å². The lowest BCUT2D eigenvalue weighted by atomic mass is 9.73. The summed E-state index contributed by atoms with van der Waals surface area (Å²) in [6.07, 6.45) is 0. The minimum atomic E-state index is -0.0696. The standard InChI is InChI=1S/C45H33N/c1-45(2)41-16-8-10-18-43(41)46(44-19-11-9-17-42(44)45)36-23-25-38-35(27-36)21-20-33-26-34(22-24-37(33)38)40-29-32-15-7-6-14-31(32)28-39(40)30-12-4-3-5-13-30/h3-29H,1-2H3. The molecule has 0 spiro atoms. The Morgan fingerprint density at radius 3 is 1.57 bits per heavy atom. The quantitative estimate of drug-likeness (QED) is 0.186. The van der Waals surface area contributed by atoms with E-state index in [1.54, 1.807) is 0 Å². The van der Waals surface area contributed by atoms with Crippen molar-refractivity contribution in [2.24, 2.45) is 0 Å². The molecule has 8 aromatic carbocycles. The second kappa shape index (κ2) is 10.2. The molecule has 0 radical (unpaired) electrons. The van der Waals surface area contributed by atoms with Crippen molar-refractivity contribution in [2.75, 3.05) is 4.90 Å². The second-order valence-electron chi connectivity index (χ2n) is 13.0. The molecule has 9 rings (SSSR count). The van der Waals surface area contributed by atoms with Gasteiger partial charge in [0.1, 0.15) is 0 Å². The smallest absolute Gasteiger partial charge is 0.0502 e. The highest BCUT2D eigenvalue weighted by Gasteiger charge is 2.36. The summed E-state index contributed by atoms with van der Waals surface area (Å²) in [5.41, 5.74) is 11.3. The van der Waals surface area contributed by atoms with E-state index in [0.717, 1.165) is 0 Å². The minimum Gasteiger partial charge on any atom is -0.310 e. The van der Waals surface area contributed by atoms with E-state index in [4.69, 9.17) is 0 Å². The lowest BCUT2D eigenvalue weighted by molar-refractivity contribution is 0.632. The van der Waals surface area contributed by atoms with Gasteiger partial charge in [-0.05, 0) is 108 Å². The molecule has 0 fully saturated rings. The molecule has 0 amide bonds. The van der Waals surface area contributed by atoms with Gasteiger partial charge in [0.05, 0.1) is 11.4 Å². The lowest BCUT2D eigenvalue weighted by Crippen LogP contribution is -2.30. The van der Waals surface area contributed by atoms with E-state index in [1.807, 2.05) is 0 Å². The van der Waals surface area contributed by atoms with E-state index in [2.05, 4.69) is 183 Å². The minimum absolute atomic E-state index is 0.0696. The maximum absolute atomic E-state index is 2.44. The number of hydrogen-bond donors (Lipinski definition) is 0.